The standard InChI is InChI=1S/C15H14N2O3/c1-19-11-7-10(8-12(9-11)20-2)17-15(18)13-5-3-4-6-14(13)16-17/h3-9,16H,1-2H3. The number of fused-ring (bicyclic) bond motifs is 1. The summed E-state index contributed by atoms with van der Waals surface area (Å²) in [6.45, 7) is 0. The summed E-state index contributed by atoms with van der Waals surface area (Å²) in [6.07, 6.45) is 0. The molecule has 1 heterocycles. The van der Waals surface area contributed by atoms with Crippen molar-refractivity contribution in [3.8, 4) is 17.2 Å². The number of nitrogens with one attached hydrogen (secondary N) is 1. The molecule has 3 aromatic rings. The second-order valence-electron chi connectivity index (χ2n) is 4.37. The summed E-state index contributed by atoms with van der Waals surface area (Å²) in [4.78, 5) is 12.4. The summed E-state index contributed by atoms with van der Waals surface area (Å²) in [5.74, 6) is 1.26. The topological polar surface area (TPSA) is 56.2 Å². The Bertz CT molecular complexity index is 795. The SMILES string of the molecule is COc1cc(OC)cc(-n2[nH]c3ccccc3c2=O)c1. The van der Waals surface area contributed by atoms with Crippen molar-refractivity contribution in [2.24, 2.45) is 0 Å². The average molecular weight is 270 g/mol. The first-order chi connectivity index (χ1) is 9.72. The van der Waals surface area contributed by atoms with Crippen molar-refractivity contribution in [1.29, 1.82) is 0 Å². The molecular formula is C15H14N2O3. The predicted molar refractivity (Wildman–Crippen MR) is 77.0 cm³/mol. The van der Waals surface area contributed by atoms with Crippen molar-refractivity contribution < 1.29 is 9.47 Å². The van der Waals surface area contributed by atoms with Gasteiger partial charge in [-0.25, -0.2) is 4.68 Å². The van der Waals surface area contributed by atoms with Gasteiger partial charge in [-0.2, -0.15) is 0 Å². The first-order valence-electron chi connectivity index (χ1n) is 6.16. The zero-order valence-corrected chi connectivity index (χ0v) is 11.2. The smallest absolute Gasteiger partial charge is 0.279 e. The Labute approximate surface area is 115 Å². The first kappa shape index (κ1) is 12.3. The fraction of sp³-hybridized carbons (Fsp3) is 0.133. The van der Waals surface area contributed by atoms with E-state index in [2.05, 4.69) is 5.10 Å². The third kappa shape index (κ3) is 1.93. The minimum Gasteiger partial charge on any atom is -0.497 e. The number of benzene rings is 2. The van der Waals surface area contributed by atoms with Crippen LogP contribution in [0.4, 0.5) is 0 Å². The molecule has 0 fully saturated rings. The van der Waals surface area contributed by atoms with E-state index < -0.39 is 0 Å². The first-order valence-corrected chi connectivity index (χ1v) is 6.16. The Hall–Kier alpha value is -2.69. The van der Waals surface area contributed by atoms with Crippen LogP contribution in [0.15, 0.2) is 47.3 Å². The van der Waals surface area contributed by atoms with Gasteiger partial charge in [-0.05, 0) is 12.1 Å². The lowest BCUT2D eigenvalue weighted by molar-refractivity contribution is 0.394. The van der Waals surface area contributed by atoms with Crippen LogP contribution in [0.1, 0.15) is 0 Å². The lowest BCUT2D eigenvalue weighted by atomic mass is 10.2. The van der Waals surface area contributed by atoms with Crippen LogP contribution in [0.25, 0.3) is 16.6 Å². The highest BCUT2D eigenvalue weighted by Gasteiger charge is 2.10. The Balaban J connectivity index is 2.25. The highest BCUT2D eigenvalue weighted by Crippen LogP contribution is 2.24. The van der Waals surface area contributed by atoms with E-state index in [-0.39, 0.29) is 5.56 Å². The van der Waals surface area contributed by atoms with E-state index in [4.69, 9.17) is 9.47 Å². The molecule has 5 nitrogen and oxygen atoms in total. The molecule has 20 heavy (non-hydrogen) atoms. The molecule has 0 saturated heterocycles. The molecule has 0 aliphatic carbocycles. The number of ether oxygens (including phenoxy) is 2. The van der Waals surface area contributed by atoms with Crippen LogP contribution in [0.3, 0.4) is 0 Å². The van der Waals surface area contributed by atoms with Gasteiger partial charge in [0, 0.05) is 18.2 Å². The molecular weight excluding hydrogens is 256 g/mol. The molecule has 1 aromatic heterocycles. The van der Waals surface area contributed by atoms with E-state index in [1.807, 2.05) is 18.2 Å². The molecule has 0 aliphatic heterocycles. The van der Waals surface area contributed by atoms with Crippen molar-refractivity contribution in [3.63, 3.8) is 0 Å². The van der Waals surface area contributed by atoms with Crippen LogP contribution in [-0.4, -0.2) is 24.0 Å². The zero-order chi connectivity index (χ0) is 14.1. The molecule has 0 amide bonds. The summed E-state index contributed by atoms with van der Waals surface area (Å²) in [6, 6.07) is 12.7. The molecule has 0 radical (unpaired) electrons. The molecule has 102 valence electrons. The summed E-state index contributed by atoms with van der Waals surface area (Å²) in [7, 11) is 3.15. The van der Waals surface area contributed by atoms with Gasteiger partial charge < -0.3 is 9.47 Å². The van der Waals surface area contributed by atoms with Gasteiger partial charge in [-0.3, -0.25) is 9.89 Å². The van der Waals surface area contributed by atoms with Crippen molar-refractivity contribution in [1.82, 2.24) is 9.78 Å². The summed E-state index contributed by atoms with van der Waals surface area (Å²) < 4.78 is 11.9. The molecule has 0 aliphatic rings. The number of aromatic nitrogens is 2. The Morgan fingerprint density at radius 3 is 2.25 bits per heavy atom. The molecule has 0 atom stereocenters. The summed E-state index contributed by atoms with van der Waals surface area (Å²) >= 11 is 0. The van der Waals surface area contributed by atoms with Crippen LogP contribution >= 0.6 is 0 Å². The maximum Gasteiger partial charge on any atom is 0.279 e. The number of hydrogen-bond donors (Lipinski definition) is 1. The minimum absolute atomic E-state index is 0.101. The van der Waals surface area contributed by atoms with Gasteiger partial charge >= 0.3 is 0 Å². The average Bonchev–Trinajstić information content (AvgIpc) is 2.84. The second-order valence-corrected chi connectivity index (χ2v) is 4.37. The van der Waals surface area contributed by atoms with Crippen LogP contribution in [0, 0.1) is 0 Å². The maximum absolute atomic E-state index is 12.4. The monoisotopic (exact) mass is 270 g/mol. The minimum atomic E-state index is -0.101. The van der Waals surface area contributed by atoms with Gasteiger partial charge in [-0.15, -0.1) is 0 Å². The number of methoxy groups -OCH3 is 2. The van der Waals surface area contributed by atoms with Crippen molar-refractivity contribution >= 4 is 10.9 Å². The highest BCUT2D eigenvalue weighted by atomic mass is 16.5. The fourth-order valence-corrected chi connectivity index (χ4v) is 2.16. The zero-order valence-electron chi connectivity index (χ0n) is 11.2. The van der Waals surface area contributed by atoms with Gasteiger partial charge in [0.05, 0.1) is 30.8 Å². The van der Waals surface area contributed by atoms with Gasteiger partial charge in [0.25, 0.3) is 5.56 Å². The lowest BCUT2D eigenvalue weighted by Crippen LogP contribution is -2.14. The molecule has 1 N–H and O–H groups in total. The van der Waals surface area contributed by atoms with Crippen LogP contribution in [-0.2, 0) is 0 Å². The van der Waals surface area contributed by atoms with Crippen molar-refractivity contribution in [2.75, 3.05) is 14.2 Å². The molecule has 2 aromatic carbocycles. The molecule has 0 bridgehead atoms. The second kappa shape index (κ2) is 4.77. The van der Waals surface area contributed by atoms with Crippen LogP contribution in [0.5, 0.6) is 11.5 Å². The van der Waals surface area contributed by atoms with Gasteiger partial charge in [0.15, 0.2) is 0 Å². The number of aromatic amines is 1. The van der Waals surface area contributed by atoms with Crippen molar-refractivity contribution in [2.45, 2.75) is 0 Å². The predicted octanol–water partition coefficient (Wildman–Crippen LogP) is 2.34. The largest absolute Gasteiger partial charge is 0.497 e. The van der Waals surface area contributed by atoms with Crippen LogP contribution in [0.2, 0.25) is 0 Å². The van der Waals surface area contributed by atoms with E-state index >= 15 is 0 Å². The molecule has 0 unspecified atom stereocenters. The number of nitrogens with zero attached hydrogens (tertiary/aromatic N) is 1. The third-order valence-corrected chi connectivity index (χ3v) is 3.19. The maximum atomic E-state index is 12.4. The molecule has 0 saturated carbocycles. The van der Waals surface area contributed by atoms with Crippen molar-refractivity contribution in [3.05, 3.63) is 52.8 Å². The number of hydrogen-bond acceptors (Lipinski definition) is 3. The van der Waals surface area contributed by atoms with E-state index in [1.54, 1.807) is 38.5 Å². The van der Waals surface area contributed by atoms with Gasteiger partial charge in [0.1, 0.15) is 11.5 Å². The lowest BCUT2D eigenvalue weighted by Gasteiger charge is -2.08. The van der Waals surface area contributed by atoms with Gasteiger partial charge in [-0.1, -0.05) is 12.1 Å². The van der Waals surface area contributed by atoms with Crippen LogP contribution < -0.4 is 15.0 Å². The quantitative estimate of drug-likeness (QED) is 0.794. The molecule has 0 spiro atoms. The summed E-state index contributed by atoms with van der Waals surface area (Å²) in [5, 5.41) is 3.72. The highest BCUT2D eigenvalue weighted by molar-refractivity contribution is 5.78. The molecule has 5 heteroatoms. The Kier molecular flexibility index (Phi) is 2.95. The third-order valence-electron chi connectivity index (χ3n) is 3.19. The van der Waals surface area contributed by atoms with E-state index in [1.165, 1.54) is 4.68 Å². The van der Waals surface area contributed by atoms with E-state index in [9.17, 15) is 4.79 Å². The van der Waals surface area contributed by atoms with E-state index in [0.29, 0.717) is 22.6 Å². The molecule has 3 rings (SSSR count). The Morgan fingerprint density at radius 2 is 1.65 bits per heavy atom. The normalized spacial score (nSPS) is 10.7. The van der Waals surface area contributed by atoms with E-state index in [0.717, 1.165) is 5.52 Å². The number of rotatable bonds is 3. The Morgan fingerprint density at radius 1 is 1.00 bits per heavy atom. The summed E-state index contributed by atoms with van der Waals surface area (Å²) in [5.41, 5.74) is 1.36. The number of para-hydroxylation sites is 1. The van der Waals surface area contributed by atoms with Gasteiger partial charge in [0.2, 0.25) is 0 Å². The number of H-pyrrole nitrogens is 1. The fourth-order valence-electron chi connectivity index (χ4n) is 2.16.